The molecule has 0 aliphatic carbocycles. The molecule has 1 aromatic heterocycles. The number of carbonyl (C=O) groups is 1. The lowest BCUT2D eigenvalue weighted by atomic mass is 10.0. The summed E-state index contributed by atoms with van der Waals surface area (Å²) in [5.41, 5.74) is 0.121. The third-order valence-electron chi connectivity index (χ3n) is 6.26. The van der Waals surface area contributed by atoms with E-state index in [1.54, 1.807) is 0 Å². The van der Waals surface area contributed by atoms with E-state index in [4.69, 9.17) is 0 Å². The number of hydrogen-bond donors (Lipinski definition) is 1. The van der Waals surface area contributed by atoms with Crippen molar-refractivity contribution in [3.05, 3.63) is 92.9 Å². The second-order valence-electron chi connectivity index (χ2n) is 8.80. The van der Waals surface area contributed by atoms with Gasteiger partial charge < -0.3 is 5.32 Å². The molecule has 184 valence electrons. The molecule has 1 unspecified atom stereocenters. The van der Waals surface area contributed by atoms with E-state index in [0.29, 0.717) is 0 Å². The summed E-state index contributed by atoms with van der Waals surface area (Å²) in [5.74, 6) is -0.718. The number of rotatable bonds is 6. The quantitative estimate of drug-likeness (QED) is 0.562. The van der Waals surface area contributed by atoms with Gasteiger partial charge in [-0.05, 0) is 57.5 Å². The van der Waals surface area contributed by atoms with Gasteiger partial charge in [0.2, 0.25) is 5.43 Å². The van der Waals surface area contributed by atoms with Gasteiger partial charge in [0.25, 0.3) is 5.91 Å². The van der Waals surface area contributed by atoms with Crippen LogP contribution in [0.5, 0.6) is 0 Å². The minimum absolute atomic E-state index is 0.0827. The van der Waals surface area contributed by atoms with Crippen LogP contribution in [0.1, 0.15) is 51.8 Å². The van der Waals surface area contributed by atoms with Gasteiger partial charge in [-0.25, -0.2) is 4.68 Å². The Bertz CT molecular complexity index is 1260. The predicted molar refractivity (Wildman–Crippen MR) is 127 cm³/mol. The van der Waals surface area contributed by atoms with E-state index in [-0.39, 0.29) is 24.0 Å². The van der Waals surface area contributed by atoms with Crippen molar-refractivity contribution in [1.29, 1.82) is 0 Å². The number of aryl methyl sites for hydroxylation is 2. The molecular formula is C26H27F3N4O2. The predicted octanol–water partition coefficient (Wildman–Crippen LogP) is 4.44. The summed E-state index contributed by atoms with van der Waals surface area (Å²) in [6.07, 6.45) is -2.48. The van der Waals surface area contributed by atoms with Crippen LogP contribution in [0.4, 0.5) is 13.2 Å². The van der Waals surface area contributed by atoms with Crippen LogP contribution in [0.2, 0.25) is 0 Å². The van der Waals surface area contributed by atoms with Crippen LogP contribution in [0, 0.1) is 13.8 Å². The topological polar surface area (TPSA) is 67.2 Å². The summed E-state index contributed by atoms with van der Waals surface area (Å²) in [6.45, 7) is 5.53. The fourth-order valence-electron chi connectivity index (χ4n) is 4.42. The summed E-state index contributed by atoms with van der Waals surface area (Å²) in [4.78, 5) is 27.9. The summed E-state index contributed by atoms with van der Waals surface area (Å²) in [7, 11) is 0. The van der Waals surface area contributed by atoms with E-state index in [1.807, 2.05) is 31.2 Å². The molecule has 0 spiro atoms. The first-order chi connectivity index (χ1) is 16.6. The molecule has 1 amide bonds. The van der Waals surface area contributed by atoms with Gasteiger partial charge in [-0.1, -0.05) is 42.0 Å². The Morgan fingerprint density at radius 3 is 2.37 bits per heavy atom. The van der Waals surface area contributed by atoms with Crippen LogP contribution >= 0.6 is 0 Å². The molecule has 1 saturated heterocycles. The first-order valence-electron chi connectivity index (χ1n) is 11.5. The van der Waals surface area contributed by atoms with Gasteiger partial charge in [-0.15, -0.1) is 0 Å². The van der Waals surface area contributed by atoms with Gasteiger partial charge in [0.15, 0.2) is 5.69 Å². The molecule has 1 aliphatic heterocycles. The normalized spacial score (nSPS) is 15.2. The molecule has 2 aromatic carbocycles. The van der Waals surface area contributed by atoms with E-state index in [9.17, 15) is 22.8 Å². The third kappa shape index (κ3) is 5.45. The van der Waals surface area contributed by atoms with Crippen LogP contribution in [0.15, 0.2) is 59.4 Å². The molecule has 0 radical (unpaired) electrons. The average molecular weight is 485 g/mol. The molecule has 1 fully saturated rings. The van der Waals surface area contributed by atoms with Crippen LogP contribution in [-0.2, 0) is 6.18 Å². The van der Waals surface area contributed by atoms with Crippen molar-refractivity contribution in [3.8, 4) is 5.69 Å². The molecule has 0 saturated carbocycles. The summed E-state index contributed by atoms with van der Waals surface area (Å²) in [5, 5.41) is 6.85. The molecule has 9 heteroatoms. The van der Waals surface area contributed by atoms with Gasteiger partial charge in [-0.2, -0.15) is 18.3 Å². The maximum absolute atomic E-state index is 13.6. The van der Waals surface area contributed by atoms with Gasteiger partial charge in [0.1, 0.15) is 0 Å². The number of carbonyl (C=O) groups excluding carboxylic acids is 1. The summed E-state index contributed by atoms with van der Waals surface area (Å²) >= 11 is 0. The van der Waals surface area contributed by atoms with E-state index < -0.39 is 28.8 Å². The second kappa shape index (κ2) is 10.0. The van der Waals surface area contributed by atoms with Crippen molar-refractivity contribution in [1.82, 2.24) is 20.0 Å². The van der Waals surface area contributed by atoms with Crippen LogP contribution in [0.25, 0.3) is 5.69 Å². The molecule has 2 heterocycles. The van der Waals surface area contributed by atoms with Crippen molar-refractivity contribution in [3.63, 3.8) is 0 Å². The van der Waals surface area contributed by atoms with Crippen LogP contribution < -0.4 is 10.7 Å². The molecule has 6 nitrogen and oxygen atoms in total. The molecule has 1 atom stereocenters. The Hall–Kier alpha value is -3.46. The Kier molecular flexibility index (Phi) is 7.07. The Morgan fingerprint density at radius 1 is 1.06 bits per heavy atom. The summed E-state index contributed by atoms with van der Waals surface area (Å²) < 4.78 is 41.7. The molecular weight excluding hydrogens is 457 g/mol. The van der Waals surface area contributed by atoms with Crippen LogP contribution in [-0.4, -0.2) is 40.2 Å². The fourth-order valence-corrected chi connectivity index (χ4v) is 4.42. The molecule has 0 bridgehead atoms. The van der Waals surface area contributed by atoms with Crippen molar-refractivity contribution < 1.29 is 18.0 Å². The number of hydrogen-bond acceptors (Lipinski definition) is 4. The van der Waals surface area contributed by atoms with Crippen molar-refractivity contribution in [2.24, 2.45) is 0 Å². The maximum atomic E-state index is 13.6. The smallest absolute Gasteiger partial charge is 0.349 e. The zero-order chi connectivity index (χ0) is 25.2. The summed E-state index contributed by atoms with van der Waals surface area (Å²) in [6, 6.07) is 14.1. The number of halogens is 3. The number of aromatic nitrogens is 2. The second-order valence-corrected chi connectivity index (χ2v) is 8.80. The molecule has 4 rings (SSSR count). The zero-order valence-electron chi connectivity index (χ0n) is 19.6. The Balaban J connectivity index is 1.62. The van der Waals surface area contributed by atoms with E-state index in [2.05, 4.69) is 15.3 Å². The minimum atomic E-state index is -4.62. The number of nitrogens with one attached hydrogen (secondary N) is 1. The number of likely N-dealkylation sites (tertiary alicyclic amines) is 1. The molecule has 1 aliphatic rings. The number of benzene rings is 2. The highest BCUT2D eigenvalue weighted by molar-refractivity contribution is 5.92. The standard InChI is InChI=1S/C26H27F3N4O2/c1-17-9-11-19(12-10-17)22(32-13-5-6-14-32)16-30-25(35)24-23(34)15-18(2)33(31-24)21-8-4-3-7-20(21)26(27,28)29/h3-4,7-12,15,22H,5-6,13-14,16H2,1-2H3,(H,30,35). The SMILES string of the molecule is Cc1ccc(C(CNC(=O)c2nn(-c3ccccc3C(F)(F)F)c(C)cc2=O)N2CCCC2)cc1. The number of nitrogens with zero attached hydrogens (tertiary/aromatic N) is 3. The Labute approximate surface area is 201 Å². The largest absolute Gasteiger partial charge is 0.418 e. The van der Waals surface area contributed by atoms with Crippen LogP contribution in [0.3, 0.4) is 0 Å². The highest BCUT2D eigenvalue weighted by atomic mass is 19.4. The van der Waals surface area contributed by atoms with Gasteiger partial charge >= 0.3 is 6.18 Å². The van der Waals surface area contributed by atoms with Gasteiger partial charge in [0.05, 0.1) is 17.3 Å². The third-order valence-corrected chi connectivity index (χ3v) is 6.26. The van der Waals surface area contributed by atoms with Crippen molar-refractivity contribution >= 4 is 5.91 Å². The maximum Gasteiger partial charge on any atom is 0.418 e. The lowest BCUT2D eigenvalue weighted by Gasteiger charge is -2.28. The molecule has 1 N–H and O–H groups in total. The fraction of sp³-hybridized carbons (Fsp3) is 0.346. The first kappa shape index (κ1) is 24.7. The lowest BCUT2D eigenvalue weighted by Crippen LogP contribution is -2.39. The van der Waals surface area contributed by atoms with E-state index in [0.717, 1.165) is 53.9 Å². The monoisotopic (exact) mass is 484 g/mol. The zero-order valence-corrected chi connectivity index (χ0v) is 19.6. The van der Waals surface area contributed by atoms with Gasteiger partial charge in [-0.3, -0.25) is 14.5 Å². The van der Waals surface area contributed by atoms with E-state index in [1.165, 1.54) is 25.1 Å². The lowest BCUT2D eigenvalue weighted by molar-refractivity contribution is -0.137. The number of amides is 1. The molecule has 3 aromatic rings. The molecule has 35 heavy (non-hydrogen) atoms. The highest BCUT2D eigenvalue weighted by Crippen LogP contribution is 2.33. The minimum Gasteiger partial charge on any atom is -0.349 e. The number of alkyl halides is 3. The van der Waals surface area contributed by atoms with Crippen molar-refractivity contribution in [2.45, 2.75) is 38.9 Å². The number of para-hydroxylation sites is 1. The highest BCUT2D eigenvalue weighted by Gasteiger charge is 2.34. The first-order valence-corrected chi connectivity index (χ1v) is 11.5. The van der Waals surface area contributed by atoms with E-state index >= 15 is 0 Å². The van der Waals surface area contributed by atoms with Gasteiger partial charge in [0, 0.05) is 18.3 Å². The average Bonchev–Trinajstić information content (AvgIpc) is 3.34. The van der Waals surface area contributed by atoms with Crippen molar-refractivity contribution in [2.75, 3.05) is 19.6 Å². The Morgan fingerprint density at radius 2 is 1.71 bits per heavy atom.